The molecule has 0 aliphatic heterocycles. The Kier molecular flexibility index (Phi) is 3.99. The van der Waals surface area contributed by atoms with Gasteiger partial charge in [0.15, 0.2) is 0 Å². The Bertz CT molecular complexity index is 598. The van der Waals surface area contributed by atoms with Gasteiger partial charge in [-0.25, -0.2) is 0 Å². The standard InChI is InChI=1S/C15H20N2O3/c1-9-13(10(2)17(3)16-9)15(18)14-11(19-4)7-6-8-12(14)20-5/h6-8,15,18H,1-5H3. The summed E-state index contributed by atoms with van der Waals surface area (Å²) in [6.07, 6.45) is -0.838. The van der Waals surface area contributed by atoms with Crippen LogP contribution in [0.15, 0.2) is 18.2 Å². The average molecular weight is 276 g/mol. The molecule has 1 heterocycles. The lowest BCUT2D eigenvalue weighted by molar-refractivity contribution is 0.207. The number of hydrogen-bond donors (Lipinski definition) is 1. The van der Waals surface area contributed by atoms with Gasteiger partial charge in [-0.15, -0.1) is 0 Å². The fraction of sp³-hybridized carbons (Fsp3) is 0.400. The van der Waals surface area contributed by atoms with Gasteiger partial charge in [0.05, 0.1) is 25.5 Å². The third kappa shape index (κ3) is 2.25. The number of benzene rings is 1. The molecule has 0 aliphatic rings. The lowest BCUT2D eigenvalue weighted by Crippen LogP contribution is -2.07. The van der Waals surface area contributed by atoms with Gasteiger partial charge < -0.3 is 14.6 Å². The number of aliphatic hydroxyl groups is 1. The van der Waals surface area contributed by atoms with Crippen molar-refractivity contribution in [3.63, 3.8) is 0 Å². The summed E-state index contributed by atoms with van der Waals surface area (Å²) in [7, 11) is 5.01. The van der Waals surface area contributed by atoms with Gasteiger partial charge in [0, 0.05) is 18.3 Å². The minimum Gasteiger partial charge on any atom is -0.496 e. The summed E-state index contributed by atoms with van der Waals surface area (Å²) >= 11 is 0. The van der Waals surface area contributed by atoms with Crippen molar-refractivity contribution in [2.45, 2.75) is 20.0 Å². The van der Waals surface area contributed by atoms with Crippen molar-refractivity contribution in [1.82, 2.24) is 9.78 Å². The molecule has 1 N–H and O–H groups in total. The molecule has 0 radical (unpaired) electrons. The number of nitrogens with zero attached hydrogens (tertiary/aromatic N) is 2. The molecule has 5 nitrogen and oxygen atoms in total. The Morgan fingerprint density at radius 2 is 1.65 bits per heavy atom. The first-order valence-electron chi connectivity index (χ1n) is 6.40. The van der Waals surface area contributed by atoms with Crippen LogP contribution >= 0.6 is 0 Å². The smallest absolute Gasteiger partial charge is 0.128 e. The van der Waals surface area contributed by atoms with E-state index in [4.69, 9.17) is 9.47 Å². The summed E-state index contributed by atoms with van der Waals surface area (Å²) in [5.41, 5.74) is 3.13. The van der Waals surface area contributed by atoms with E-state index in [1.54, 1.807) is 18.9 Å². The third-order valence-electron chi connectivity index (χ3n) is 3.58. The molecule has 0 spiro atoms. The zero-order chi connectivity index (χ0) is 14.9. The van der Waals surface area contributed by atoms with Crippen molar-refractivity contribution in [2.75, 3.05) is 14.2 Å². The highest BCUT2D eigenvalue weighted by atomic mass is 16.5. The molecule has 0 amide bonds. The van der Waals surface area contributed by atoms with Crippen molar-refractivity contribution in [3.05, 3.63) is 40.7 Å². The summed E-state index contributed by atoms with van der Waals surface area (Å²) < 4.78 is 12.5. The second-order valence-corrected chi connectivity index (χ2v) is 4.69. The fourth-order valence-electron chi connectivity index (χ4n) is 2.48. The predicted octanol–water partition coefficient (Wildman–Crippen LogP) is 2.14. The van der Waals surface area contributed by atoms with Gasteiger partial charge in [-0.2, -0.15) is 5.10 Å². The van der Waals surface area contributed by atoms with Gasteiger partial charge in [0.25, 0.3) is 0 Å². The van der Waals surface area contributed by atoms with E-state index < -0.39 is 6.10 Å². The van der Waals surface area contributed by atoms with Crippen LogP contribution in [0.3, 0.4) is 0 Å². The molecule has 1 aromatic heterocycles. The Labute approximate surface area is 118 Å². The fourth-order valence-corrected chi connectivity index (χ4v) is 2.48. The van der Waals surface area contributed by atoms with Crippen LogP contribution in [0.2, 0.25) is 0 Å². The quantitative estimate of drug-likeness (QED) is 0.929. The minimum absolute atomic E-state index is 0.597. The summed E-state index contributed by atoms with van der Waals surface area (Å²) in [6.45, 7) is 3.81. The predicted molar refractivity (Wildman–Crippen MR) is 76.3 cm³/mol. The number of methoxy groups -OCH3 is 2. The van der Waals surface area contributed by atoms with Crippen molar-refractivity contribution in [2.24, 2.45) is 7.05 Å². The topological polar surface area (TPSA) is 56.5 Å². The van der Waals surface area contributed by atoms with E-state index in [-0.39, 0.29) is 0 Å². The first kappa shape index (κ1) is 14.4. The minimum atomic E-state index is -0.838. The van der Waals surface area contributed by atoms with Crippen molar-refractivity contribution < 1.29 is 14.6 Å². The van der Waals surface area contributed by atoms with E-state index in [0.29, 0.717) is 17.1 Å². The summed E-state index contributed by atoms with van der Waals surface area (Å²) in [5.74, 6) is 1.19. The molecular weight excluding hydrogens is 256 g/mol. The normalized spacial score (nSPS) is 12.3. The number of hydrogen-bond acceptors (Lipinski definition) is 4. The maximum absolute atomic E-state index is 10.8. The van der Waals surface area contributed by atoms with E-state index in [1.807, 2.05) is 39.1 Å². The van der Waals surface area contributed by atoms with E-state index in [9.17, 15) is 5.11 Å². The van der Waals surface area contributed by atoms with Crippen LogP contribution in [-0.4, -0.2) is 29.1 Å². The van der Waals surface area contributed by atoms with E-state index in [1.165, 1.54) is 0 Å². The molecule has 1 atom stereocenters. The van der Waals surface area contributed by atoms with Crippen LogP contribution in [-0.2, 0) is 7.05 Å². The number of aliphatic hydroxyl groups excluding tert-OH is 1. The van der Waals surface area contributed by atoms with Crippen LogP contribution in [0, 0.1) is 13.8 Å². The molecule has 2 rings (SSSR count). The second-order valence-electron chi connectivity index (χ2n) is 4.69. The number of aromatic nitrogens is 2. The van der Waals surface area contributed by atoms with Crippen molar-refractivity contribution in [1.29, 1.82) is 0 Å². The molecule has 5 heteroatoms. The number of rotatable bonds is 4. The highest BCUT2D eigenvalue weighted by molar-refractivity contribution is 5.50. The molecule has 1 unspecified atom stereocenters. The lowest BCUT2D eigenvalue weighted by atomic mass is 9.98. The zero-order valence-corrected chi connectivity index (χ0v) is 12.5. The molecular formula is C15H20N2O3. The molecule has 0 fully saturated rings. The van der Waals surface area contributed by atoms with Crippen molar-refractivity contribution in [3.8, 4) is 11.5 Å². The molecule has 20 heavy (non-hydrogen) atoms. The first-order valence-corrected chi connectivity index (χ1v) is 6.40. The van der Waals surface area contributed by atoms with Gasteiger partial charge in [0.2, 0.25) is 0 Å². The SMILES string of the molecule is COc1cccc(OC)c1C(O)c1c(C)nn(C)c1C. The van der Waals surface area contributed by atoms with Crippen LogP contribution in [0.25, 0.3) is 0 Å². The van der Waals surface area contributed by atoms with Gasteiger partial charge in [0.1, 0.15) is 17.6 Å². The third-order valence-corrected chi connectivity index (χ3v) is 3.58. The maximum Gasteiger partial charge on any atom is 0.128 e. The van der Waals surface area contributed by atoms with Crippen LogP contribution in [0.4, 0.5) is 0 Å². The first-order chi connectivity index (χ1) is 9.51. The molecule has 108 valence electrons. The monoisotopic (exact) mass is 276 g/mol. The van der Waals surface area contributed by atoms with Gasteiger partial charge in [-0.05, 0) is 26.0 Å². The van der Waals surface area contributed by atoms with E-state index in [0.717, 1.165) is 17.0 Å². The van der Waals surface area contributed by atoms with Crippen LogP contribution in [0.1, 0.15) is 28.6 Å². The van der Waals surface area contributed by atoms with E-state index >= 15 is 0 Å². The number of aryl methyl sites for hydroxylation is 2. The summed E-state index contributed by atoms with van der Waals surface area (Å²) in [6, 6.07) is 5.45. The Balaban J connectivity index is 2.61. The zero-order valence-electron chi connectivity index (χ0n) is 12.5. The van der Waals surface area contributed by atoms with Gasteiger partial charge in [-0.1, -0.05) is 6.07 Å². The second kappa shape index (κ2) is 5.54. The summed E-state index contributed by atoms with van der Waals surface area (Å²) in [4.78, 5) is 0. The van der Waals surface area contributed by atoms with Gasteiger partial charge in [-0.3, -0.25) is 4.68 Å². The summed E-state index contributed by atoms with van der Waals surface area (Å²) in [5, 5.41) is 15.1. The van der Waals surface area contributed by atoms with Crippen LogP contribution in [0.5, 0.6) is 11.5 Å². The Morgan fingerprint density at radius 3 is 2.05 bits per heavy atom. The largest absolute Gasteiger partial charge is 0.496 e. The molecule has 0 saturated carbocycles. The molecule has 0 aliphatic carbocycles. The van der Waals surface area contributed by atoms with Crippen LogP contribution < -0.4 is 9.47 Å². The lowest BCUT2D eigenvalue weighted by Gasteiger charge is -2.18. The Morgan fingerprint density at radius 1 is 1.10 bits per heavy atom. The molecule has 0 saturated heterocycles. The molecule has 2 aromatic rings. The number of ether oxygens (including phenoxy) is 2. The highest BCUT2D eigenvalue weighted by Gasteiger charge is 2.25. The van der Waals surface area contributed by atoms with Gasteiger partial charge >= 0.3 is 0 Å². The Hall–Kier alpha value is -2.01. The highest BCUT2D eigenvalue weighted by Crippen LogP contribution is 2.38. The maximum atomic E-state index is 10.8. The van der Waals surface area contributed by atoms with Crippen molar-refractivity contribution >= 4 is 0 Å². The molecule has 1 aromatic carbocycles. The van der Waals surface area contributed by atoms with E-state index in [2.05, 4.69) is 5.10 Å². The average Bonchev–Trinajstić information content (AvgIpc) is 2.70. The molecule has 0 bridgehead atoms.